The molecule has 138 valence electrons. The van der Waals surface area contributed by atoms with Crippen molar-refractivity contribution in [3.05, 3.63) is 47.2 Å². The SMILES string of the molecule is COCCc1nc2c(c(N3CCCC3c3cccnc3)n1)CCOCC2. The minimum Gasteiger partial charge on any atom is -0.384 e. The molecule has 0 N–H and O–H groups in total. The van der Waals surface area contributed by atoms with Crippen LogP contribution in [0, 0.1) is 0 Å². The zero-order valence-electron chi connectivity index (χ0n) is 15.4. The molecule has 6 nitrogen and oxygen atoms in total. The number of anilines is 1. The van der Waals surface area contributed by atoms with Gasteiger partial charge in [-0.2, -0.15) is 0 Å². The Hall–Kier alpha value is -2.05. The van der Waals surface area contributed by atoms with Crippen molar-refractivity contribution < 1.29 is 9.47 Å². The maximum Gasteiger partial charge on any atom is 0.136 e. The van der Waals surface area contributed by atoms with E-state index in [1.165, 1.54) is 17.5 Å². The summed E-state index contributed by atoms with van der Waals surface area (Å²) < 4.78 is 10.9. The summed E-state index contributed by atoms with van der Waals surface area (Å²) in [5.41, 5.74) is 3.68. The van der Waals surface area contributed by atoms with Crippen molar-refractivity contribution in [2.45, 2.75) is 38.1 Å². The third kappa shape index (κ3) is 3.57. The Labute approximate surface area is 154 Å². The van der Waals surface area contributed by atoms with Crippen LogP contribution in [0.4, 0.5) is 5.82 Å². The lowest BCUT2D eigenvalue weighted by molar-refractivity contribution is 0.146. The van der Waals surface area contributed by atoms with Crippen molar-refractivity contribution in [2.75, 3.05) is 38.4 Å². The Morgan fingerprint density at radius 2 is 2.19 bits per heavy atom. The third-order valence-corrected chi connectivity index (χ3v) is 5.22. The maximum atomic E-state index is 5.71. The predicted molar refractivity (Wildman–Crippen MR) is 99.4 cm³/mol. The Balaban J connectivity index is 1.73. The number of hydrogen-bond donors (Lipinski definition) is 0. The van der Waals surface area contributed by atoms with E-state index in [0.29, 0.717) is 12.6 Å². The number of fused-ring (bicyclic) bond motifs is 1. The summed E-state index contributed by atoms with van der Waals surface area (Å²) in [6.45, 7) is 3.14. The quantitative estimate of drug-likeness (QED) is 0.822. The lowest BCUT2D eigenvalue weighted by Crippen LogP contribution is -2.27. The van der Waals surface area contributed by atoms with Gasteiger partial charge in [-0.3, -0.25) is 4.98 Å². The van der Waals surface area contributed by atoms with E-state index in [0.717, 1.165) is 62.8 Å². The summed E-state index contributed by atoms with van der Waals surface area (Å²) in [4.78, 5) is 16.6. The van der Waals surface area contributed by atoms with Gasteiger partial charge in [0, 0.05) is 50.9 Å². The molecule has 1 unspecified atom stereocenters. The van der Waals surface area contributed by atoms with Crippen LogP contribution in [-0.2, 0) is 28.7 Å². The molecule has 2 aliphatic rings. The van der Waals surface area contributed by atoms with Gasteiger partial charge in [0.05, 0.1) is 31.6 Å². The number of methoxy groups -OCH3 is 1. The molecule has 4 rings (SSSR count). The minimum absolute atomic E-state index is 0.335. The highest BCUT2D eigenvalue weighted by molar-refractivity contribution is 5.53. The topological polar surface area (TPSA) is 60.4 Å². The van der Waals surface area contributed by atoms with Gasteiger partial charge < -0.3 is 14.4 Å². The Morgan fingerprint density at radius 1 is 1.27 bits per heavy atom. The van der Waals surface area contributed by atoms with Crippen molar-refractivity contribution in [3.63, 3.8) is 0 Å². The highest BCUT2D eigenvalue weighted by Gasteiger charge is 2.31. The molecular weight excluding hydrogens is 328 g/mol. The molecule has 6 heteroatoms. The van der Waals surface area contributed by atoms with Crippen molar-refractivity contribution in [2.24, 2.45) is 0 Å². The summed E-state index contributed by atoms with van der Waals surface area (Å²) in [6, 6.07) is 4.52. The van der Waals surface area contributed by atoms with Gasteiger partial charge in [0.1, 0.15) is 11.6 Å². The van der Waals surface area contributed by atoms with Gasteiger partial charge in [-0.25, -0.2) is 9.97 Å². The molecule has 0 amide bonds. The molecule has 26 heavy (non-hydrogen) atoms. The van der Waals surface area contributed by atoms with Gasteiger partial charge >= 0.3 is 0 Å². The van der Waals surface area contributed by atoms with Crippen molar-refractivity contribution >= 4 is 5.82 Å². The third-order valence-electron chi connectivity index (χ3n) is 5.22. The molecule has 4 heterocycles. The van der Waals surface area contributed by atoms with Gasteiger partial charge in [-0.1, -0.05) is 6.07 Å². The summed E-state index contributed by atoms with van der Waals surface area (Å²) >= 11 is 0. The largest absolute Gasteiger partial charge is 0.384 e. The monoisotopic (exact) mass is 354 g/mol. The zero-order chi connectivity index (χ0) is 17.8. The molecule has 0 spiro atoms. The van der Waals surface area contributed by atoms with Crippen LogP contribution in [-0.4, -0.2) is 48.4 Å². The first kappa shape index (κ1) is 17.4. The van der Waals surface area contributed by atoms with E-state index in [2.05, 4.69) is 16.0 Å². The van der Waals surface area contributed by atoms with Crippen LogP contribution >= 0.6 is 0 Å². The molecular formula is C20H26N4O2. The first-order valence-corrected chi connectivity index (χ1v) is 9.48. The molecule has 1 saturated heterocycles. The Kier molecular flexibility index (Phi) is 5.41. The fraction of sp³-hybridized carbons (Fsp3) is 0.550. The lowest BCUT2D eigenvalue weighted by Gasteiger charge is -2.29. The standard InChI is InChI=1S/C20H26N4O2/c1-25-11-8-19-22-17-7-13-26-12-6-16(17)20(23-19)24-10-3-5-18(24)15-4-2-9-21-14-15/h2,4,9,14,18H,3,5-8,10-13H2,1H3. The lowest BCUT2D eigenvalue weighted by atomic mass is 10.0. The normalized spacial score (nSPS) is 20.0. The van der Waals surface area contributed by atoms with Crippen LogP contribution in [0.3, 0.4) is 0 Å². The Bertz CT molecular complexity index is 738. The van der Waals surface area contributed by atoms with E-state index in [9.17, 15) is 0 Å². The van der Waals surface area contributed by atoms with Crippen LogP contribution < -0.4 is 4.90 Å². The van der Waals surface area contributed by atoms with E-state index in [4.69, 9.17) is 19.4 Å². The van der Waals surface area contributed by atoms with Crippen LogP contribution in [0.25, 0.3) is 0 Å². The van der Waals surface area contributed by atoms with E-state index >= 15 is 0 Å². The summed E-state index contributed by atoms with van der Waals surface area (Å²) in [5, 5.41) is 0. The average Bonchev–Trinajstić information content (AvgIpc) is 3.05. The second-order valence-corrected chi connectivity index (χ2v) is 6.88. The molecule has 1 atom stereocenters. The molecule has 0 radical (unpaired) electrons. The average molecular weight is 354 g/mol. The first-order chi connectivity index (χ1) is 12.9. The smallest absolute Gasteiger partial charge is 0.136 e. The number of rotatable bonds is 5. The van der Waals surface area contributed by atoms with E-state index in [1.807, 2.05) is 18.5 Å². The van der Waals surface area contributed by atoms with Crippen LogP contribution in [0.2, 0.25) is 0 Å². The molecule has 2 aliphatic heterocycles. The van der Waals surface area contributed by atoms with Crippen LogP contribution in [0.15, 0.2) is 24.5 Å². The van der Waals surface area contributed by atoms with Crippen molar-refractivity contribution in [1.29, 1.82) is 0 Å². The second kappa shape index (κ2) is 8.10. The number of pyridine rings is 1. The second-order valence-electron chi connectivity index (χ2n) is 6.88. The fourth-order valence-corrected chi connectivity index (χ4v) is 3.96. The fourth-order valence-electron chi connectivity index (χ4n) is 3.96. The molecule has 0 aliphatic carbocycles. The molecule has 2 aromatic rings. The summed E-state index contributed by atoms with van der Waals surface area (Å²) in [6.07, 6.45) is 8.60. The molecule has 0 bridgehead atoms. The van der Waals surface area contributed by atoms with Gasteiger partial charge in [-0.05, 0) is 24.5 Å². The van der Waals surface area contributed by atoms with Gasteiger partial charge in [0.15, 0.2) is 0 Å². The van der Waals surface area contributed by atoms with E-state index in [1.54, 1.807) is 7.11 Å². The number of aromatic nitrogens is 3. The molecule has 0 saturated carbocycles. The Morgan fingerprint density at radius 3 is 3.04 bits per heavy atom. The van der Waals surface area contributed by atoms with E-state index in [-0.39, 0.29) is 0 Å². The highest BCUT2D eigenvalue weighted by atomic mass is 16.5. The van der Waals surface area contributed by atoms with Gasteiger partial charge in [-0.15, -0.1) is 0 Å². The van der Waals surface area contributed by atoms with Crippen LogP contribution in [0.5, 0.6) is 0 Å². The maximum absolute atomic E-state index is 5.71. The number of hydrogen-bond acceptors (Lipinski definition) is 6. The van der Waals surface area contributed by atoms with Gasteiger partial charge in [0.25, 0.3) is 0 Å². The molecule has 2 aromatic heterocycles. The summed E-state index contributed by atoms with van der Waals surface area (Å²) in [5.74, 6) is 1.97. The van der Waals surface area contributed by atoms with Crippen molar-refractivity contribution in [1.82, 2.24) is 15.0 Å². The van der Waals surface area contributed by atoms with Gasteiger partial charge in [0.2, 0.25) is 0 Å². The predicted octanol–water partition coefficient (Wildman–Crippen LogP) is 2.52. The highest BCUT2D eigenvalue weighted by Crippen LogP contribution is 2.37. The van der Waals surface area contributed by atoms with E-state index < -0.39 is 0 Å². The number of nitrogens with zero attached hydrogens (tertiary/aromatic N) is 4. The molecule has 1 fully saturated rings. The zero-order valence-corrected chi connectivity index (χ0v) is 15.4. The minimum atomic E-state index is 0.335. The van der Waals surface area contributed by atoms with Crippen LogP contribution in [0.1, 0.15) is 41.5 Å². The number of ether oxygens (including phenoxy) is 2. The van der Waals surface area contributed by atoms with Crippen molar-refractivity contribution in [3.8, 4) is 0 Å². The first-order valence-electron chi connectivity index (χ1n) is 9.48. The molecule has 0 aromatic carbocycles. The summed E-state index contributed by atoms with van der Waals surface area (Å²) in [7, 11) is 1.72.